The largest absolute Gasteiger partial charge is 0.399 e. The molecule has 0 spiro atoms. The maximum Gasteiger partial charge on any atom is 0.289 e. The van der Waals surface area contributed by atoms with E-state index in [1.165, 1.54) is 0 Å². The summed E-state index contributed by atoms with van der Waals surface area (Å²) in [5.41, 5.74) is 12.7. The SMILES string of the molecule is CCCC(N)C(=O)C(=O)NCc1cccc(N)c1. The molecule has 5 heteroatoms. The standard InChI is InChI=1S/C13H19N3O2/c1-2-4-11(15)12(17)13(18)16-8-9-5-3-6-10(14)7-9/h3,5-7,11H,2,4,8,14-15H2,1H3,(H,16,18). The van der Waals surface area contributed by atoms with Gasteiger partial charge < -0.3 is 16.8 Å². The summed E-state index contributed by atoms with van der Waals surface area (Å²) in [6, 6.07) is 6.41. The molecule has 1 rings (SSSR count). The lowest BCUT2D eigenvalue weighted by molar-refractivity contribution is -0.138. The number of carbonyl (C=O) groups is 2. The number of ketones is 1. The Hall–Kier alpha value is -1.88. The Bertz CT molecular complexity index is 432. The van der Waals surface area contributed by atoms with Crippen molar-refractivity contribution in [2.24, 2.45) is 5.73 Å². The van der Waals surface area contributed by atoms with Gasteiger partial charge in [0.2, 0.25) is 5.78 Å². The highest BCUT2D eigenvalue weighted by Gasteiger charge is 2.20. The van der Waals surface area contributed by atoms with E-state index in [-0.39, 0.29) is 6.54 Å². The first-order chi connectivity index (χ1) is 8.54. The van der Waals surface area contributed by atoms with Crippen LogP contribution in [0.15, 0.2) is 24.3 Å². The van der Waals surface area contributed by atoms with E-state index >= 15 is 0 Å². The molecular weight excluding hydrogens is 230 g/mol. The van der Waals surface area contributed by atoms with Crippen LogP contribution in [0.25, 0.3) is 0 Å². The molecule has 1 atom stereocenters. The number of carbonyl (C=O) groups excluding carboxylic acids is 2. The number of nitrogens with two attached hydrogens (primary N) is 2. The number of Topliss-reactive ketones (excluding diaryl/α,β-unsaturated/α-hetero) is 1. The summed E-state index contributed by atoms with van der Waals surface area (Å²) >= 11 is 0. The number of anilines is 1. The highest BCUT2D eigenvalue weighted by Crippen LogP contribution is 2.06. The molecule has 1 amide bonds. The third kappa shape index (κ3) is 4.18. The number of nitrogens with one attached hydrogen (secondary N) is 1. The van der Waals surface area contributed by atoms with Crippen LogP contribution in [0, 0.1) is 0 Å². The average Bonchev–Trinajstić information content (AvgIpc) is 2.35. The van der Waals surface area contributed by atoms with Gasteiger partial charge in [-0.05, 0) is 24.1 Å². The molecule has 0 aliphatic carbocycles. The van der Waals surface area contributed by atoms with Crippen molar-refractivity contribution in [3.63, 3.8) is 0 Å². The first-order valence-corrected chi connectivity index (χ1v) is 5.96. The molecule has 0 fully saturated rings. The van der Waals surface area contributed by atoms with E-state index in [1.54, 1.807) is 18.2 Å². The van der Waals surface area contributed by atoms with Gasteiger partial charge in [0, 0.05) is 12.2 Å². The minimum absolute atomic E-state index is 0.272. The molecule has 5 nitrogen and oxygen atoms in total. The second-order valence-electron chi connectivity index (χ2n) is 4.19. The van der Waals surface area contributed by atoms with Crippen LogP contribution in [0.1, 0.15) is 25.3 Å². The molecule has 0 saturated heterocycles. The number of hydrogen-bond donors (Lipinski definition) is 3. The predicted octanol–water partition coefficient (Wildman–Crippen LogP) is 0.582. The fraction of sp³-hybridized carbons (Fsp3) is 0.385. The zero-order chi connectivity index (χ0) is 13.5. The molecule has 0 aliphatic rings. The van der Waals surface area contributed by atoms with E-state index in [9.17, 15) is 9.59 Å². The first-order valence-electron chi connectivity index (χ1n) is 5.96. The van der Waals surface area contributed by atoms with Gasteiger partial charge in [-0.25, -0.2) is 0 Å². The molecule has 1 unspecified atom stereocenters. The van der Waals surface area contributed by atoms with E-state index < -0.39 is 17.7 Å². The molecule has 1 aromatic rings. The average molecular weight is 249 g/mol. The van der Waals surface area contributed by atoms with Crippen LogP contribution >= 0.6 is 0 Å². The summed E-state index contributed by atoms with van der Waals surface area (Å²) in [5, 5.41) is 2.54. The maximum absolute atomic E-state index is 11.6. The van der Waals surface area contributed by atoms with Gasteiger partial charge in [-0.2, -0.15) is 0 Å². The second-order valence-corrected chi connectivity index (χ2v) is 4.19. The van der Waals surface area contributed by atoms with Gasteiger partial charge in [0.05, 0.1) is 6.04 Å². The Balaban J connectivity index is 2.48. The molecule has 1 aromatic carbocycles. The molecule has 0 aromatic heterocycles. The summed E-state index contributed by atoms with van der Waals surface area (Å²) < 4.78 is 0. The van der Waals surface area contributed by atoms with E-state index in [1.807, 2.05) is 13.0 Å². The predicted molar refractivity (Wildman–Crippen MR) is 70.6 cm³/mol. The Labute approximate surface area is 107 Å². The van der Waals surface area contributed by atoms with Crippen LogP contribution in [0.4, 0.5) is 5.69 Å². The third-order valence-corrected chi connectivity index (χ3v) is 2.56. The fourth-order valence-electron chi connectivity index (χ4n) is 1.58. The highest BCUT2D eigenvalue weighted by atomic mass is 16.2. The minimum atomic E-state index is -0.712. The zero-order valence-corrected chi connectivity index (χ0v) is 10.5. The van der Waals surface area contributed by atoms with Gasteiger partial charge in [-0.1, -0.05) is 25.5 Å². The van der Waals surface area contributed by atoms with Crippen molar-refractivity contribution >= 4 is 17.4 Å². The first kappa shape index (κ1) is 14.2. The summed E-state index contributed by atoms with van der Waals surface area (Å²) in [4.78, 5) is 23.1. The lowest BCUT2D eigenvalue weighted by Crippen LogP contribution is -2.42. The third-order valence-electron chi connectivity index (χ3n) is 2.56. The lowest BCUT2D eigenvalue weighted by atomic mass is 10.1. The fourth-order valence-corrected chi connectivity index (χ4v) is 1.58. The van der Waals surface area contributed by atoms with Crippen molar-refractivity contribution in [1.29, 1.82) is 0 Å². The number of hydrogen-bond acceptors (Lipinski definition) is 4. The Morgan fingerprint density at radius 2 is 2.11 bits per heavy atom. The van der Waals surface area contributed by atoms with Gasteiger partial charge in [0.15, 0.2) is 0 Å². The quantitative estimate of drug-likeness (QED) is 0.507. The van der Waals surface area contributed by atoms with E-state index in [0.29, 0.717) is 12.1 Å². The van der Waals surface area contributed by atoms with Gasteiger partial charge >= 0.3 is 0 Å². The Kier molecular flexibility index (Phi) is 5.32. The van der Waals surface area contributed by atoms with Crippen molar-refractivity contribution in [2.75, 3.05) is 5.73 Å². The molecule has 0 aliphatic heterocycles. The summed E-state index contributed by atoms with van der Waals surface area (Å²) in [7, 11) is 0. The Morgan fingerprint density at radius 3 is 2.72 bits per heavy atom. The topological polar surface area (TPSA) is 98.2 Å². The van der Waals surface area contributed by atoms with Crippen molar-refractivity contribution < 1.29 is 9.59 Å². The second kappa shape index (κ2) is 6.76. The number of rotatable bonds is 6. The van der Waals surface area contributed by atoms with Crippen LogP contribution in [0.3, 0.4) is 0 Å². The monoisotopic (exact) mass is 249 g/mol. The van der Waals surface area contributed by atoms with Gasteiger partial charge in [0.25, 0.3) is 5.91 Å². The van der Waals surface area contributed by atoms with E-state index in [4.69, 9.17) is 11.5 Å². The Morgan fingerprint density at radius 1 is 1.39 bits per heavy atom. The van der Waals surface area contributed by atoms with Gasteiger partial charge in [0.1, 0.15) is 0 Å². The molecule has 0 saturated carbocycles. The molecule has 18 heavy (non-hydrogen) atoms. The zero-order valence-electron chi connectivity index (χ0n) is 10.5. The van der Waals surface area contributed by atoms with Gasteiger partial charge in [-0.3, -0.25) is 9.59 Å². The van der Waals surface area contributed by atoms with Crippen LogP contribution in [-0.4, -0.2) is 17.7 Å². The normalized spacial score (nSPS) is 11.9. The van der Waals surface area contributed by atoms with Crippen LogP contribution in [-0.2, 0) is 16.1 Å². The van der Waals surface area contributed by atoms with Crippen LogP contribution < -0.4 is 16.8 Å². The van der Waals surface area contributed by atoms with E-state index in [0.717, 1.165) is 12.0 Å². The molecule has 5 N–H and O–H groups in total. The summed E-state index contributed by atoms with van der Waals surface area (Å²) in [6.07, 6.45) is 1.29. The van der Waals surface area contributed by atoms with Crippen LogP contribution in [0.2, 0.25) is 0 Å². The smallest absolute Gasteiger partial charge is 0.289 e. The maximum atomic E-state index is 11.6. The highest BCUT2D eigenvalue weighted by molar-refractivity contribution is 6.38. The molecule has 0 radical (unpaired) electrons. The van der Waals surface area contributed by atoms with Crippen molar-refractivity contribution in [1.82, 2.24) is 5.32 Å². The number of amides is 1. The van der Waals surface area contributed by atoms with Crippen molar-refractivity contribution in [3.05, 3.63) is 29.8 Å². The van der Waals surface area contributed by atoms with Crippen molar-refractivity contribution in [2.45, 2.75) is 32.4 Å². The summed E-state index contributed by atoms with van der Waals surface area (Å²) in [5.74, 6) is -1.21. The van der Waals surface area contributed by atoms with E-state index in [2.05, 4.69) is 5.32 Å². The lowest BCUT2D eigenvalue weighted by Gasteiger charge is -2.09. The van der Waals surface area contributed by atoms with Crippen LogP contribution in [0.5, 0.6) is 0 Å². The van der Waals surface area contributed by atoms with Crippen molar-refractivity contribution in [3.8, 4) is 0 Å². The van der Waals surface area contributed by atoms with Gasteiger partial charge in [-0.15, -0.1) is 0 Å². The minimum Gasteiger partial charge on any atom is -0.399 e. The number of nitrogen functional groups attached to an aromatic ring is 1. The summed E-state index contributed by atoms with van der Waals surface area (Å²) in [6.45, 7) is 2.19. The molecule has 0 bridgehead atoms. The molecule has 98 valence electrons. The molecule has 0 heterocycles. The molecular formula is C13H19N3O2. The number of benzene rings is 1.